The maximum atomic E-state index is 12.8. The number of carboxylic acid groups (broad SMARTS) is 1. The van der Waals surface area contributed by atoms with Crippen LogP contribution in [0.25, 0.3) is 0 Å². The molecule has 2 fully saturated rings. The minimum atomic E-state index is -5.08. The van der Waals surface area contributed by atoms with E-state index < -0.39 is 27.4 Å². The Morgan fingerprint density at radius 2 is 1.74 bits per heavy atom. The van der Waals surface area contributed by atoms with Crippen molar-refractivity contribution < 1.29 is 36.3 Å². The summed E-state index contributed by atoms with van der Waals surface area (Å²) in [7, 11) is -0.148. The molecule has 14 heteroatoms. The number of halogens is 3. The summed E-state index contributed by atoms with van der Waals surface area (Å²) >= 11 is 0. The van der Waals surface area contributed by atoms with Crippen molar-refractivity contribution in [3.05, 3.63) is 18.5 Å². The van der Waals surface area contributed by atoms with Gasteiger partial charge in [0.2, 0.25) is 21.9 Å². The molecule has 0 aliphatic carbocycles. The molecule has 0 unspecified atom stereocenters. The quantitative estimate of drug-likeness (QED) is 0.679. The Morgan fingerprint density at radius 3 is 2.26 bits per heavy atom. The lowest BCUT2D eigenvalue weighted by Gasteiger charge is -2.22. The van der Waals surface area contributed by atoms with Crippen LogP contribution in [0, 0.1) is 5.92 Å². The number of fused-ring (bicyclic) bond motifs is 1. The predicted molar refractivity (Wildman–Crippen MR) is 104 cm³/mol. The van der Waals surface area contributed by atoms with E-state index in [2.05, 4.69) is 9.97 Å². The van der Waals surface area contributed by atoms with Crippen molar-refractivity contribution in [2.75, 3.05) is 45.2 Å². The van der Waals surface area contributed by atoms with E-state index in [1.807, 2.05) is 4.90 Å². The van der Waals surface area contributed by atoms with Gasteiger partial charge in [0.1, 0.15) is 0 Å². The highest BCUT2D eigenvalue weighted by Crippen LogP contribution is 2.34. The van der Waals surface area contributed by atoms with Gasteiger partial charge in [-0.1, -0.05) is 0 Å². The fourth-order valence-corrected chi connectivity index (χ4v) is 5.58. The highest BCUT2D eigenvalue weighted by atomic mass is 32.2. The van der Waals surface area contributed by atoms with Gasteiger partial charge in [0.15, 0.2) is 0 Å². The standard InChI is InChI=1S/C15H23N5O3S.C2HF3O2/c1-18(2)14(21)11-20-10-12-4-8-19(15-16-6-3-7-17-15)9-5-13(12)24(20,22)23;3-2(4,5)1(6)7/h3,6-7,12-13H,4-5,8-11H2,1-2H3;(H,6,7)/t12-,13-;/m1./s1. The zero-order chi connectivity index (χ0) is 23.4. The Morgan fingerprint density at radius 1 is 1.19 bits per heavy atom. The third kappa shape index (κ3) is 6.26. The molecule has 10 nitrogen and oxygen atoms in total. The first-order chi connectivity index (χ1) is 14.3. The largest absolute Gasteiger partial charge is 0.490 e. The minimum absolute atomic E-state index is 0.0543. The van der Waals surface area contributed by atoms with Gasteiger partial charge in [0.05, 0.1) is 11.8 Å². The number of carbonyl (C=O) groups excluding carboxylic acids is 1. The highest BCUT2D eigenvalue weighted by Gasteiger charge is 2.47. The third-order valence-corrected chi connectivity index (χ3v) is 7.43. The molecule has 0 bridgehead atoms. The second-order valence-corrected chi connectivity index (χ2v) is 9.49. The van der Waals surface area contributed by atoms with Crippen molar-refractivity contribution in [3.8, 4) is 0 Å². The maximum Gasteiger partial charge on any atom is 0.490 e. The van der Waals surface area contributed by atoms with Crippen LogP contribution in [0.2, 0.25) is 0 Å². The van der Waals surface area contributed by atoms with Crippen LogP contribution in [-0.2, 0) is 19.6 Å². The number of nitrogens with zero attached hydrogens (tertiary/aromatic N) is 5. The number of aliphatic carboxylic acids is 1. The van der Waals surface area contributed by atoms with Crippen molar-refractivity contribution >= 4 is 27.8 Å². The summed E-state index contributed by atoms with van der Waals surface area (Å²) < 4.78 is 58.7. The number of hydrogen-bond acceptors (Lipinski definition) is 7. The maximum absolute atomic E-state index is 12.8. The van der Waals surface area contributed by atoms with Crippen LogP contribution in [-0.4, -0.2) is 96.3 Å². The van der Waals surface area contributed by atoms with Gasteiger partial charge in [-0.05, 0) is 24.8 Å². The zero-order valence-electron chi connectivity index (χ0n) is 17.0. The molecule has 2 aliphatic rings. The molecule has 31 heavy (non-hydrogen) atoms. The van der Waals surface area contributed by atoms with Gasteiger partial charge in [-0.25, -0.2) is 23.2 Å². The van der Waals surface area contributed by atoms with E-state index in [0.717, 1.165) is 13.0 Å². The summed E-state index contributed by atoms with van der Waals surface area (Å²) in [6.45, 7) is 1.71. The average molecular weight is 467 g/mol. The molecule has 2 aliphatic heterocycles. The Kier molecular flexibility index (Phi) is 7.81. The van der Waals surface area contributed by atoms with Crippen molar-refractivity contribution in [1.82, 2.24) is 19.2 Å². The number of hydrogen-bond donors (Lipinski definition) is 1. The van der Waals surface area contributed by atoms with Crippen LogP contribution in [0.3, 0.4) is 0 Å². The third-order valence-electron chi connectivity index (χ3n) is 5.05. The van der Waals surface area contributed by atoms with Crippen LogP contribution in [0.5, 0.6) is 0 Å². The molecular formula is C17H24F3N5O5S. The summed E-state index contributed by atoms with van der Waals surface area (Å²) in [5.41, 5.74) is 0. The number of likely N-dealkylation sites (N-methyl/N-ethyl adjacent to an activating group) is 1. The number of alkyl halides is 3. The molecule has 1 aromatic rings. The van der Waals surface area contributed by atoms with Crippen LogP contribution in [0.4, 0.5) is 19.1 Å². The second kappa shape index (κ2) is 9.77. The second-order valence-electron chi connectivity index (χ2n) is 7.34. The molecule has 3 rings (SSSR count). The van der Waals surface area contributed by atoms with E-state index >= 15 is 0 Å². The number of aromatic nitrogens is 2. The van der Waals surface area contributed by atoms with E-state index in [-0.39, 0.29) is 18.4 Å². The van der Waals surface area contributed by atoms with Gasteiger partial charge in [-0.2, -0.15) is 17.5 Å². The van der Waals surface area contributed by atoms with Crippen molar-refractivity contribution in [3.63, 3.8) is 0 Å². The van der Waals surface area contributed by atoms with Crippen molar-refractivity contribution in [1.29, 1.82) is 0 Å². The SMILES string of the molecule is CN(C)C(=O)CN1C[C@H]2CCN(c3ncccn3)CC[C@H]2S1(=O)=O.O=C(O)C(F)(F)F. The van der Waals surface area contributed by atoms with Gasteiger partial charge in [0, 0.05) is 46.1 Å². The van der Waals surface area contributed by atoms with Gasteiger partial charge in [-0.15, -0.1) is 0 Å². The van der Waals surface area contributed by atoms with Gasteiger partial charge in [0.25, 0.3) is 0 Å². The number of anilines is 1. The van der Waals surface area contributed by atoms with E-state index in [1.54, 1.807) is 32.6 Å². The summed E-state index contributed by atoms with van der Waals surface area (Å²) in [5.74, 6) is -2.24. The van der Waals surface area contributed by atoms with Crippen LogP contribution >= 0.6 is 0 Å². The molecule has 1 aromatic heterocycles. The normalized spacial score (nSPS) is 23.2. The molecule has 1 N–H and O–H groups in total. The molecule has 174 valence electrons. The molecule has 0 saturated carbocycles. The number of sulfonamides is 1. The Bertz CT molecular complexity index is 882. The van der Waals surface area contributed by atoms with Crippen molar-refractivity contribution in [2.24, 2.45) is 5.92 Å². The number of amides is 1. The lowest BCUT2D eigenvalue weighted by molar-refractivity contribution is -0.192. The molecule has 0 radical (unpaired) electrons. The summed E-state index contributed by atoms with van der Waals surface area (Å²) in [4.78, 5) is 32.8. The number of rotatable bonds is 3. The molecule has 0 aromatic carbocycles. The smallest absolute Gasteiger partial charge is 0.475 e. The average Bonchev–Trinajstić information content (AvgIpc) is 2.83. The first-order valence-corrected chi connectivity index (χ1v) is 10.9. The van der Waals surface area contributed by atoms with E-state index in [9.17, 15) is 26.4 Å². The van der Waals surface area contributed by atoms with E-state index in [0.29, 0.717) is 25.5 Å². The van der Waals surface area contributed by atoms with Crippen LogP contribution < -0.4 is 4.90 Å². The fourth-order valence-electron chi connectivity index (χ4n) is 3.40. The lowest BCUT2D eigenvalue weighted by atomic mass is 10.0. The van der Waals surface area contributed by atoms with Gasteiger partial charge in [-0.3, -0.25) is 4.79 Å². The molecule has 2 saturated heterocycles. The summed E-state index contributed by atoms with van der Waals surface area (Å²) in [6.07, 6.45) is -0.397. The Labute approximate surface area is 177 Å². The van der Waals surface area contributed by atoms with Crippen molar-refractivity contribution in [2.45, 2.75) is 24.3 Å². The molecule has 3 heterocycles. The first-order valence-electron chi connectivity index (χ1n) is 9.35. The molecule has 0 spiro atoms. The molecular weight excluding hydrogens is 443 g/mol. The summed E-state index contributed by atoms with van der Waals surface area (Å²) in [5, 5.41) is 6.71. The van der Waals surface area contributed by atoms with Gasteiger partial charge >= 0.3 is 12.1 Å². The Balaban J connectivity index is 0.000000423. The number of carboxylic acids is 1. The number of carbonyl (C=O) groups is 2. The lowest BCUT2D eigenvalue weighted by Crippen LogP contribution is -2.39. The van der Waals surface area contributed by atoms with Crippen LogP contribution in [0.1, 0.15) is 12.8 Å². The Hall–Kier alpha value is -2.48. The molecule has 1 amide bonds. The minimum Gasteiger partial charge on any atom is -0.475 e. The van der Waals surface area contributed by atoms with E-state index in [4.69, 9.17) is 9.90 Å². The monoisotopic (exact) mass is 467 g/mol. The van der Waals surface area contributed by atoms with Gasteiger partial charge < -0.3 is 14.9 Å². The molecule has 2 atom stereocenters. The first kappa shape index (κ1) is 24.8. The predicted octanol–water partition coefficient (Wildman–Crippen LogP) is 0.429. The van der Waals surface area contributed by atoms with E-state index in [1.165, 1.54) is 9.21 Å². The van der Waals surface area contributed by atoms with Crippen LogP contribution in [0.15, 0.2) is 18.5 Å². The summed E-state index contributed by atoms with van der Waals surface area (Å²) in [6, 6.07) is 1.76. The highest BCUT2D eigenvalue weighted by molar-refractivity contribution is 7.90. The fraction of sp³-hybridized carbons (Fsp3) is 0.647. The topological polar surface area (TPSA) is 124 Å². The zero-order valence-corrected chi connectivity index (χ0v) is 17.8.